The van der Waals surface area contributed by atoms with E-state index in [-0.39, 0.29) is 0 Å². The van der Waals surface area contributed by atoms with E-state index in [1.165, 1.54) is 37.4 Å². The summed E-state index contributed by atoms with van der Waals surface area (Å²) in [5.41, 5.74) is 0. The maximum absolute atomic E-state index is 3.50. The van der Waals surface area contributed by atoms with Gasteiger partial charge in [-0.3, -0.25) is 0 Å². The average molecular weight is 205 g/mol. The predicted octanol–water partition coefficient (Wildman–Crippen LogP) is 3.60. The van der Waals surface area contributed by atoms with Crippen LogP contribution in [0.15, 0.2) is 0 Å². The Hall–Kier alpha value is 0.480. The van der Waals surface area contributed by atoms with Gasteiger partial charge in [0.2, 0.25) is 0 Å². The molecule has 0 aromatic carbocycles. The maximum Gasteiger partial charge on any atom is 0.00339 e. The number of alkyl halides is 1. The molecule has 10 heavy (non-hydrogen) atoms. The quantitative estimate of drug-likeness (QED) is 0.604. The summed E-state index contributed by atoms with van der Waals surface area (Å²) in [4.78, 5) is 0. The van der Waals surface area contributed by atoms with Gasteiger partial charge < -0.3 is 0 Å². The Morgan fingerprint density at radius 1 is 1.20 bits per heavy atom. The normalized spacial score (nSPS) is 34.2. The minimum absolute atomic E-state index is 1.01. The van der Waals surface area contributed by atoms with Crippen LogP contribution in [-0.2, 0) is 0 Å². The lowest BCUT2D eigenvalue weighted by molar-refractivity contribution is 0.286. The molecule has 0 bridgehead atoms. The zero-order valence-corrected chi connectivity index (χ0v) is 8.36. The first-order valence-electron chi connectivity index (χ1n) is 4.39. The van der Waals surface area contributed by atoms with Gasteiger partial charge in [-0.05, 0) is 18.3 Å². The van der Waals surface area contributed by atoms with Crippen molar-refractivity contribution in [2.45, 2.75) is 39.0 Å². The topological polar surface area (TPSA) is 0 Å². The van der Waals surface area contributed by atoms with Crippen molar-refractivity contribution in [3.63, 3.8) is 0 Å². The fraction of sp³-hybridized carbons (Fsp3) is 1.00. The van der Waals surface area contributed by atoms with Crippen LogP contribution in [-0.4, -0.2) is 5.33 Å². The number of halogens is 1. The van der Waals surface area contributed by atoms with Crippen LogP contribution in [0, 0.1) is 11.8 Å². The van der Waals surface area contributed by atoms with Crippen molar-refractivity contribution < 1.29 is 0 Å². The molecule has 1 aliphatic carbocycles. The highest BCUT2D eigenvalue weighted by Gasteiger charge is 2.16. The van der Waals surface area contributed by atoms with Gasteiger partial charge in [-0.2, -0.15) is 0 Å². The Bertz CT molecular complexity index is 82.7. The Labute approximate surface area is 72.5 Å². The molecule has 0 saturated heterocycles. The van der Waals surface area contributed by atoms with Crippen LogP contribution in [0.2, 0.25) is 0 Å². The van der Waals surface area contributed by atoms with E-state index < -0.39 is 0 Å². The van der Waals surface area contributed by atoms with Gasteiger partial charge in [-0.25, -0.2) is 0 Å². The molecule has 0 unspecified atom stereocenters. The van der Waals surface area contributed by atoms with E-state index in [4.69, 9.17) is 0 Å². The molecule has 0 nitrogen and oxygen atoms in total. The monoisotopic (exact) mass is 204 g/mol. The van der Waals surface area contributed by atoms with Crippen molar-refractivity contribution in [3.8, 4) is 0 Å². The average Bonchev–Trinajstić information content (AvgIpc) is 1.95. The van der Waals surface area contributed by atoms with Gasteiger partial charge in [0, 0.05) is 5.33 Å². The molecule has 1 heteroatoms. The molecule has 1 saturated carbocycles. The van der Waals surface area contributed by atoms with Crippen molar-refractivity contribution in [2.75, 3.05) is 5.33 Å². The summed E-state index contributed by atoms with van der Waals surface area (Å²) in [6.07, 6.45) is 7.29. The third-order valence-electron chi connectivity index (χ3n) is 2.65. The summed E-state index contributed by atoms with van der Waals surface area (Å²) in [7, 11) is 0. The summed E-state index contributed by atoms with van der Waals surface area (Å²) >= 11 is 3.50. The molecule has 0 aromatic rings. The SMILES string of the molecule is CC1CCC(CCBr)CC1. The summed E-state index contributed by atoms with van der Waals surface area (Å²) in [6.45, 7) is 2.38. The molecule has 0 N–H and O–H groups in total. The Morgan fingerprint density at radius 3 is 2.30 bits per heavy atom. The van der Waals surface area contributed by atoms with Gasteiger partial charge in [0.15, 0.2) is 0 Å². The van der Waals surface area contributed by atoms with Gasteiger partial charge >= 0.3 is 0 Å². The summed E-state index contributed by atoms with van der Waals surface area (Å²) in [5, 5.41) is 1.20. The minimum atomic E-state index is 1.01. The Balaban J connectivity index is 2.13. The number of hydrogen-bond donors (Lipinski definition) is 0. The fourth-order valence-electron chi connectivity index (χ4n) is 1.77. The summed E-state index contributed by atoms with van der Waals surface area (Å²) in [5.74, 6) is 2.04. The zero-order valence-electron chi connectivity index (χ0n) is 6.78. The first-order valence-corrected chi connectivity index (χ1v) is 5.51. The van der Waals surface area contributed by atoms with Crippen molar-refractivity contribution in [1.82, 2.24) is 0 Å². The highest BCUT2D eigenvalue weighted by Crippen LogP contribution is 2.30. The van der Waals surface area contributed by atoms with Crippen LogP contribution < -0.4 is 0 Å². The molecule has 1 fully saturated rings. The molecule has 0 atom stereocenters. The molecule has 1 rings (SSSR count). The highest BCUT2D eigenvalue weighted by molar-refractivity contribution is 9.09. The van der Waals surface area contributed by atoms with E-state index in [0.29, 0.717) is 0 Å². The molecule has 0 radical (unpaired) electrons. The van der Waals surface area contributed by atoms with Gasteiger partial charge in [-0.1, -0.05) is 48.5 Å². The lowest BCUT2D eigenvalue weighted by atomic mass is 9.82. The number of rotatable bonds is 2. The lowest BCUT2D eigenvalue weighted by Crippen LogP contribution is -2.12. The van der Waals surface area contributed by atoms with E-state index in [1.54, 1.807) is 0 Å². The second-order valence-corrected chi connectivity index (χ2v) is 4.40. The molecule has 0 heterocycles. The Morgan fingerprint density at radius 2 is 1.80 bits per heavy atom. The van der Waals surface area contributed by atoms with Crippen molar-refractivity contribution >= 4 is 15.9 Å². The van der Waals surface area contributed by atoms with Crippen molar-refractivity contribution in [3.05, 3.63) is 0 Å². The second-order valence-electron chi connectivity index (χ2n) is 3.60. The standard InChI is InChI=1S/C9H17Br/c1-8-2-4-9(5-3-8)6-7-10/h8-9H,2-7H2,1H3. The van der Waals surface area contributed by atoms with Crippen LogP contribution in [0.4, 0.5) is 0 Å². The van der Waals surface area contributed by atoms with E-state index in [1.807, 2.05) is 0 Å². The van der Waals surface area contributed by atoms with E-state index in [0.717, 1.165) is 11.8 Å². The summed E-state index contributed by atoms with van der Waals surface area (Å²) < 4.78 is 0. The van der Waals surface area contributed by atoms with Crippen LogP contribution in [0.25, 0.3) is 0 Å². The highest BCUT2D eigenvalue weighted by atomic mass is 79.9. The van der Waals surface area contributed by atoms with E-state index >= 15 is 0 Å². The van der Waals surface area contributed by atoms with Crippen LogP contribution in [0.3, 0.4) is 0 Å². The summed E-state index contributed by atoms with van der Waals surface area (Å²) in [6, 6.07) is 0. The van der Waals surface area contributed by atoms with E-state index in [2.05, 4.69) is 22.9 Å². The molecule has 0 amide bonds. The first kappa shape index (κ1) is 8.58. The van der Waals surface area contributed by atoms with Crippen molar-refractivity contribution in [1.29, 1.82) is 0 Å². The van der Waals surface area contributed by atoms with Gasteiger partial charge in [0.05, 0.1) is 0 Å². The number of hydrogen-bond acceptors (Lipinski definition) is 0. The zero-order chi connectivity index (χ0) is 7.40. The largest absolute Gasteiger partial charge is 0.0928 e. The van der Waals surface area contributed by atoms with Gasteiger partial charge in [0.25, 0.3) is 0 Å². The van der Waals surface area contributed by atoms with Crippen LogP contribution in [0.1, 0.15) is 39.0 Å². The van der Waals surface area contributed by atoms with Crippen LogP contribution >= 0.6 is 15.9 Å². The third-order valence-corrected chi connectivity index (χ3v) is 3.11. The lowest BCUT2D eigenvalue weighted by Gasteiger charge is -2.25. The fourth-order valence-corrected chi connectivity index (χ4v) is 2.42. The third kappa shape index (κ3) is 2.61. The molecule has 0 spiro atoms. The van der Waals surface area contributed by atoms with Crippen LogP contribution in [0.5, 0.6) is 0 Å². The second kappa shape index (κ2) is 4.38. The molecular formula is C9H17Br. The molecular weight excluding hydrogens is 188 g/mol. The molecule has 60 valence electrons. The van der Waals surface area contributed by atoms with Crippen molar-refractivity contribution in [2.24, 2.45) is 11.8 Å². The first-order chi connectivity index (χ1) is 4.83. The van der Waals surface area contributed by atoms with Gasteiger partial charge in [-0.15, -0.1) is 0 Å². The van der Waals surface area contributed by atoms with E-state index in [9.17, 15) is 0 Å². The molecule has 1 aliphatic rings. The van der Waals surface area contributed by atoms with Gasteiger partial charge in [0.1, 0.15) is 0 Å². The maximum atomic E-state index is 3.50. The Kier molecular flexibility index (Phi) is 3.75. The molecule has 0 aromatic heterocycles. The predicted molar refractivity (Wildman–Crippen MR) is 49.5 cm³/mol. The minimum Gasteiger partial charge on any atom is -0.0928 e. The molecule has 0 aliphatic heterocycles. The smallest absolute Gasteiger partial charge is 0.00339 e.